The molecule has 2 nitrogen and oxygen atoms in total. The van der Waals surface area contributed by atoms with E-state index in [4.69, 9.17) is 4.42 Å². The van der Waals surface area contributed by atoms with Gasteiger partial charge in [0.1, 0.15) is 11.2 Å². The van der Waals surface area contributed by atoms with Crippen molar-refractivity contribution < 1.29 is 4.42 Å². The first-order valence-corrected chi connectivity index (χ1v) is 11.8. The Bertz CT molecular complexity index is 1650. The first kappa shape index (κ1) is 20.6. The lowest BCUT2D eigenvalue weighted by Crippen LogP contribution is -2.11. The average Bonchev–Trinajstić information content (AvgIpc) is 3.19. The highest BCUT2D eigenvalue weighted by Gasteiger charge is 2.17. The van der Waals surface area contributed by atoms with Crippen molar-refractivity contribution in [1.29, 1.82) is 0 Å². The van der Waals surface area contributed by atoms with Crippen LogP contribution in [0.5, 0.6) is 0 Å². The summed E-state index contributed by atoms with van der Waals surface area (Å²) >= 11 is 0. The lowest BCUT2D eigenvalue weighted by molar-refractivity contribution is 0.590. The second-order valence-corrected chi connectivity index (χ2v) is 10.0. The Hall–Kier alpha value is -4.04. The molecule has 0 amide bonds. The summed E-state index contributed by atoms with van der Waals surface area (Å²) in [5.41, 5.74) is 7.78. The highest BCUT2D eigenvalue weighted by Crippen LogP contribution is 2.37. The van der Waals surface area contributed by atoms with Crippen molar-refractivity contribution in [3.8, 4) is 11.1 Å². The van der Waals surface area contributed by atoms with Crippen LogP contribution in [0.1, 0.15) is 26.3 Å². The molecular weight excluding hydrogens is 414 g/mol. The van der Waals surface area contributed by atoms with Gasteiger partial charge in [-0.1, -0.05) is 81.4 Å². The number of fused-ring (bicyclic) bond motifs is 4. The van der Waals surface area contributed by atoms with E-state index in [1.54, 1.807) is 0 Å². The summed E-state index contributed by atoms with van der Waals surface area (Å²) < 4.78 is 6.18. The minimum Gasteiger partial charge on any atom is -0.456 e. The van der Waals surface area contributed by atoms with Gasteiger partial charge >= 0.3 is 0 Å². The molecule has 166 valence electrons. The summed E-state index contributed by atoms with van der Waals surface area (Å²) in [6.45, 7) is 6.77. The monoisotopic (exact) mass is 441 g/mol. The van der Waals surface area contributed by atoms with E-state index in [0.29, 0.717) is 0 Å². The topological polar surface area (TPSA) is 25.2 Å². The second-order valence-electron chi connectivity index (χ2n) is 10.0. The first-order valence-electron chi connectivity index (χ1n) is 11.8. The van der Waals surface area contributed by atoms with Gasteiger partial charge in [0.2, 0.25) is 0 Å². The zero-order valence-corrected chi connectivity index (χ0v) is 19.7. The molecule has 0 fully saturated rings. The summed E-state index contributed by atoms with van der Waals surface area (Å²) in [5, 5.41) is 8.37. The molecule has 0 unspecified atom stereocenters. The largest absolute Gasteiger partial charge is 0.456 e. The van der Waals surface area contributed by atoms with Crippen LogP contribution in [0.25, 0.3) is 43.8 Å². The molecular formula is C32H27NO. The summed E-state index contributed by atoms with van der Waals surface area (Å²) in [7, 11) is 0. The lowest BCUT2D eigenvalue weighted by atomic mass is 9.85. The molecule has 0 aliphatic heterocycles. The average molecular weight is 442 g/mol. The smallest absolute Gasteiger partial charge is 0.136 e. The number of furan rings is 1. The van der Waals surface area contributed by atoms with E-state index in [1.807, 2.05) is 0 Å². The summed E-state index contributed by atoms with van der Waals surface area (Å²) in [5.74, 6) is 0. The number of hydrogen-bond donors (Lipinski definition) is 1. The lowest BCUT2D eigenvalue weighted by Gasteiger charge is -2.22. The number of benzene rings is 5. The third-order valence-corrected chi connectivity index (χ3v) is 6.59. The third-order valence-electron chi connectivity index (χ3n) is 6.59. The van der Waals surface area contributed by atoms with Gasteiger partial charge in [0.25, 0.3) is 0 Å². The highest BCUT2D eigenvalue weighted by atomic mass is 16.3. The molecule has 0 bridgehead atoms. The van der Waals surface area contributed by atoms with E-state index >= 15 is 0 Å². The van der Waals surface area contributed by atoms with E-state index in [2.05, 4.69) is 129 Å². The number of anilines is 2. The van der Waals surface area contributed by atoms with Crippen LogP contribution in [0, 0.1) is 0 Å². The SMILES string of the molecule is CC(C)(C)c1ccc(Nc2ccc3oc4cc5ccccc5cc4c3c2)c(-c2ccccc2)c1. The van der Waals surface area contributed by atoms with E-state index in [1.165, 1.54) is 27.5 Å². The predicted octanol–water partition coefficient (Wildman–Crippen LogP) is 9.45. The minimum atomic E-state index is 0.0828. The fraction of sp³-hybridized carbons (Fsp3) is 0.125. The Morgan fingerprint density at radius 1 is 0.618 bits per heavy atom. The molecule has 0 spiro atoms. The van der Waals surface area contributed by atoms with Crippen molar-refractivity contribution in [3.05, 3.63) is 109 Å². The fourth-order valence-electron chi connectivity index (χ4n) is 4.67. The van der Waals surface area contributed by atoms with Gasteiger partial charge in [0, 0.05) is 27.7 Å². The van der Waals surface area contributed by atoms with Crippen molar-refractivity contribution in [2.45, 2.75) is 26.2 Å². The van der Waals surface area contributed by atoms with Crippen LogP contribution in [0.3, 0.4) is 0 Å². The number of rotatable bonds is 3. The maximum Gasteiger partial charge on any atom is 0.136 e. The molecule has 2 heteroatoms. The molecule has 1 heterocycles. The fourth-order valence-corrected chi connectivity index (χ4v) is 4.67. The molecule has 1 aromatic heterocycles. The Kier molecular flexibility index (Phi) is 4.70. The summed E-state index contributed by atoms with van der Waals surface area (Å²) in [6.07, 6.45) is 0. The molecule has 0 saturated carbocycles. The molecule has 6 rings (SSSR count). The highest BCUT2D eigenvalue weighted by molar-refractivity contribution is 6.11. The van der Waals surface area contributed by atoms with E-state index in [-0.39, 0.29) is 5.41 Å². The van der Waals surface area contributed by atoms with E-state index in [0.717, 1.165) is 33.3 Å². The van der Waals surface area contributed by atoms with Crippen LogP contribution >= 0.6 is 0 Å². The maximum absolute atomic E-state index is 6.18. The molecule has 34 heavy (non-hydrogen) atoms. The van der Waals surface area contributed by atoms with Crippen molar-refractivity contribution in [1.82, 2.24) is 0 Å². The summed E-state index contributed by atoms with van der Waals surface area (Å²) in [4.78, 5) is 0. The first-order chi connectivity index (χ1) is 16.5. The molecule has 6 aromatic rings. The minimum absolute atomic E-state index is 0.0828. The standard InChI is InChI=1S/C32H27NO/c1-32(2,3)24-13-15-29(26(19-24)21-9-5-4-6-10-21)33-25-14-16-30-28(20-25)27-17-22-11-7-8-12-23(22)18-31(27)34-30/h4-20,33H,1-3H3. The van der Waals surface area contributed by atoms with Gasteiger partial charge in [-0.2, -0.15) is 0 Å². The van der Waals surface area contributed by atoms with Crippen molar-refractivity contribution in [2.75, 3.05) is 5.32 Å². The van der Waals surface area contributed by atoms with Crippen molar-refractivity contribution in [2.24, 2.45) is 0 Å². The summed E-state index contributed by atoms with van der Waals surface area (Å²) in [6, 6.07) is 36.5. The van der Waals surface area contributed by atoms with E-state index < -0.39 is 0 Å². The Morgan fingerprint density at radius 2 is 1.32 bits per heavy atom. The van der Waals surface area contributed by atoms with Crippen LogP contribution in [0.2, 0.25) is 0 Å². The van der Waals surface area contributed by atoms with Crippen LogP contribution < -0.4 is 5.32 Å². The van der Waals surface area contributed by atoms with Crippen LogP contribution in [-0.4, -0.2) is 0 Å². The Labute approximate surface area is 199 Å². The molecule has 0 saturated heterocycles. The van der Waals surface area contributed by atoms with E-state index in [9.17, 15) is 0 Å². The molecule has 0 aliphatic carbocycles. The number of hydrogen-bond acceptors (Lipinski definition) is 2. The number of nitrogens with one attached hydrogen (secondary N) is 1. The normalized spacial score (nSPS) is 12.0. The van der Waals surface area contributed by atoms with Gasteiger partial charge in [-0.3, -0.25) is 0 Å². The van der Waals surface area contributed by atoms with Crippen LogP contribution in [0.15, 0.2) is 108 Å². The quantitative estimate of drug-likeness (QED) is 0.296. The zero-order chi connectivity index (χ0) is 23.3. The van der Waals surface area contributed by atoms with Gasteiger partial charge in [-0.15, -0.1) is 0 Å². The third kappa shape index (κ3) is 3.62. The van der Waals surface area contributed by atoms with Gasteiger partial charge < -0.3 is 9.73 Å². The molecule has 1 N–H and O–H groups in total. The van der Waals surface area contributed by atoms with Crippen molar-refractivity contribution >= 4 is 44.1 Å². The van der Waals surface area contributed by atoms with Crippen molar-refractivity contribution in [3.63, 3.8) is 0 Å². The molecule has 5 aromatic carbocycles. The molecule has 0 atom stereocenters. The van der Waals surface area contributed by atoms with Gasteiger partial charge in [-0.05, 0) is 69.8 Å². The van der Waals surface area contributed by atoms with Gasteiger partial charge in [0.05, 0.1) is 0 Å². The Balaban J connectivity index is 1.47. The zero-order valence-electron chi connectivity index (χ0n) is 19.7. The predicted molar refractivity (Wildman–Crippen MR) is 145 cm³/mol. The van der Waals surface area contributed by atoms with Gasteiger partial charge in [0.15, 0.2) is 0 Å². The Morgan fingerprint density at radius 3 is 2.09 bits per heavy atom. The maximum atomic E-state index is 6.18. The van der Waals surface area contributed by atoms with Crippen LogP contribution in [0.4, 0.5) is 11.4 Å². The van der Waals surface area contributed by atoms with Gasteiger partial charge in [-0.25, -0.2) is 0 Å². The molecule has 0 aliphatic rings. The van der Waals surface area contributed by atoms with Crippen LogP contribution in [-0.2, 0) is 5.41 Å². The molecule has 0 radical (unpaired) electrons. The second kappa shape index (κ2) is 7.78.